The molecule has 0 aliphatic heterocycles. The Labute approximate surface area is 124 Å². The normalized spacial score (nSPS) is 10.4. The van der Waals surface area contributed by atoms with Crippen LogP contribution < -0.4 is 4.74 Å². The third-order valence-corrected chi connectivity index (χ3v) is 4.26. The van der Waals surface area contributed by atoms with Crippen molar-refractivity contribution in [3.8, 4) is 5.75 Å². The third-order valence-electron chi connectivity index (χ3n) is 2.10. The topological polar surface area (TPSA) is 26.3 Å². The van der Waals surface area contributed by atoms with Gasteiger partial charge in [0, 0.05) is 4.47 Å². The maximum absolute atomic E-state index is 13.4. The van der Waals surface area contributed by atoms with Gasteiger partial charge in [0.1, 0.15) is 0 Å². The second kappa shape index (κ2) is 5.95. The molecule has 1 aromatic carbocycles. The molecule has 2 nitrogen and oxygen atoms in total. The molecule has 0 amide bonds. The van der Waals surface area contributed by atoms with E-state index in [-0.39, 0.29) is 18.1 Å². The molecule has 6 heteroatoms. The fourth-order valence-corrected chi connectivity index (χ4v) is 2.91. The predicted molar refractivity (Wildman–Crippen MR) is 75.9 cm³/mol. The lowest BCUT2D eigenvalue weighted by Gasteiger charge is -2.05. The van der Waals surface area contributed by atoms with Crippen molar-refractivity contribution in [2.75, 3.05) is 6.61 Å². The van der Waals surface area contributed by atoms with E-state index in [0.717, 1.165) is 3.79 Å². The highest BCUT2D eigenvalue weighted by molar-refractivity contribution is 9.11. The van der Waals surface area contributed by atoms with E-state index in [1.54, 1.807) is 18.2 Å². The largest absolute Gasteiger partial charge is 0.482 e. The van der Waals surface area contributed by atoms with Gasteiger partial charge in [0.15, 0.2) is 18.2 Å². The van der Waals surface area contributed by atoms with Crippen LogP contribution in [0.5, 0.6) is 5.75 Å². The number of halogens is 3. The van der Waals surface area contributed by atoms with Crippen molar-refractivity contribution in [1.29, 1.82) is 0 Å². The van der Waals surface area contributed by atoms with E-state index in [2.05, 4.69) is 31.9 Å². The summed E-state index contributed by atoms with van der Waals surface area (Å²) in [6, 6.07) is 7.93. The van der Waals surface area contributed by atoms with Gasteiger partial charge in [-0.15, -0.1) is 11.3 Å². The zero-order chi connectivity index (χ0) is 13.1. The van der Waals surface area contributed by atoms with Crippen molar-refractivity contribution in [1.82, 2.24) is 0 Å². The molecule has 0 N–H and O–H groups in total. The monoisotopic (exact) mass is 392 g/mol. The van der Waals surface area contributed by atoms with Crippen molar-refractivity contribution in [3.05, 3.63) is 49.3 Å². The Morgan fingerprint density at radius 3 is 2.67 bits per heavy atom. The van der Waals surface area contributed by atoms with Gasteiger partial charge < -0.3 is 4.74 Å². The number of ketones is 1. The lowest BCUT2D eigenvalue weighted by molar-refractivity contribution is 0.0923. The number of hydrogen-bond donors (Lipinski definition) is 0. The molecule has 0 spiro atoms. The Hall–Kier alpha value is -0.720. The van der Waals surface area contributed by atoms with E-state index in [4.69, 9.17) is 4.74 Å². The molecular weight excluding hydrogens is 387 g/mol. The fraction of sp³-hybridized carbons (Fsp3) is 0.0833. The zero-order valence-electron chi connectivity index (χ0n) is 8.95. The number of hydrogen-bond acceptors (Lipinski definition) is 3. The SMILES string of the molecule is O=C(COc1ccc(Br)cc1F)c1ccc(Br)s1. The maximum atomic E-state index is 13.4. The number of thiophene rings is 1. The van der Waals surface area contributed by atoms with Crippen LogP contribution in [0.3, 0.4) is 0 Å². The second-order valence-electron chi connectivity index (χ2n) is 3.39. The summed E-state index contributed by atoms with van der Waals surface area (Å²) in [6.45, 7) is -0.175. The Morgan fingerprint density at radius 2 is 2.06 bits per heavy atom. The Balaban J connectivity index is 2.01. The molecule has 18 heavy (non-hydrogen) atoms. The molecule has 2 aromatic rings. The summed E-state index contributed by atoms with van der Waals surface area (Å²) in [5.41, 5.74) is 0. The van der Waals surface area contributed by atoms with E-state index in [9.17, 15) is 9.18 Å². The Bertz CT molecular complexity index is 583. The number of carbonyl (C=O) groups excluding carboxylic acids is 1. The molecule has 1 aromatic heterocycles. The molecular formula is C12H7Br2FO2S. The predicted octanol–water partition coefficient (Wildman–Crippen LogP) is 4.67. The average molecular weight is 394 g/mol. The van der Waals surface area contributed by atoms with Crippen LogP contribution in [0.4, 0.5) is 4.39 Å². The van der Waals surface area contributed by atoms with Crippen LogP contribution in [0.1, 0.15) is 9.67 Å². The van der Waals surface area contributed by atoms with Crippen molar-refractivity contribution >= 4 is 49.0 Å². The van der Waals surface area contributed by atoms with Crippen LogP contribution in [0, 0.1) is 5.82 Å². The molecule has 2 rings (SSSR count). The van der Waals surface area contributed by atoms with Crippen LogP contribution in [0.15, 0.2) is 38.6 Å². The summed E-state index contributed by atoms with van der Waals surface area (Å²) in [5.74, 6) is -0.597. The summed E-state index contributed by atoms with van der Waals surface area (Å²) in [4.78, 5) is 12.3. The summed E-state index contributed by atoms with van der Waals surface area (Å²) >= 11 is 7.75. The van der Waals surface area contributed by atoms with Crippen LogP contribution in [0.25, 0.3) is 0 Å². The van der Waals surface area contributed by atoms with Gasteiger partial charge in [-0.25, -0.2) is 4.39 Å². The standard InChI is InChI=1S/C12H7Br2FO2S/c13-7-1-2-10(8(15)5-7)17-6-9(16)11-3-4-12(14)18-11/h1-5H,6H2. The van der Waals surface area contributed by atoms with E-state index in [1.165, 1.54) is 23.5 Å². The lowest BCUT2D eigenvalue weighted by Crippen LogP contribution is -2.10. The first-order valence-corrected chi connectivity index (χ1v) is 7.33. The number of ether oxygens (including phenoxy) is 1. The first-order chi connectivity index (χ1) is 8.56. The van der Waals surface area contributed by atoms with E-state index in [1.807, 2.05) is 0 Å². The molecule has 0 aliphatic carbocycles. The van der Waals surface area contributed by atoms with Crippen LogP contribution in [-0.2, 0) is 0 Å². The second-order valence-corrected chi connectivity index (χ2v) is 6.77. The first kappa shape index (κ1) is 13.7. The fourth-order valence-electron chi connectivity index (χ4n) is 1.27. The van der Waals surface area contributed by atoms with Crippen LogP contribution in [0.2, 0.25) is 0 Å². The number of Topliss-reactive ketones (excluding diaryl/α,β-unsaturated/α-hetero) is 1. The van der Waals surface area contributed by atoms with Gasteiger partial charge >= 0.3 is 0 Å². The molecule has 94 valence electrons. The minimum atomic E-state index is -0.496. The number of rotatable bonds is 4. The molecule has 0 unspecified atom stereocenters. The molecule has 0 atom stereocenters. The Kier molecular flexibility index (Phi) is 4.53. The maximum Gasteiger partial charge on any atom is 0.210 e. The number of carbonyl (C=O) groups is 1. The van der Waals surface area contributed by atoms with Crippen LogP contribution >= 0.6 is 43.2 Å². The van der Waals surface area contributed by atoms with Gasteiger partial charge in [-0.1, -0.05) is 15.9 Å². The molecule has 0 bridgehead atoms. The highest BCUT2D eigenvalue weighted by Crippen LogP contribution is 2.24. The van der Waals surface area contributed by atoms with E-state index < -0.39 is 5.82 Å². The van der Waals surface area contributed by atoms with Crippen molar-refractivity contribution in [2.45, 2.75) is 0 Å². The van der Waals surface area contributed by atoms with Crippen molar-refractivity contribution in [3.63, 3.8) is 0 Å². The highest BCUT2D eigenvalue weighted by atomic mass is 79.9. The summed E-state index contributed by atoms with van der Waals surface area (Å²) in [6.07, 6.45) is 0. The first-order valence-electron chi connectivity index (χ1n) is 4.92. The number of benzene rings is 1. The van der Waals surface area contributed by atoms with Gasteiger partial charge in [0.2, 0.25) is 5.78 Å². The highest BCUT2D eigenvalue weighted by Gasteiger charge is 2.11. The summed E-state index contributed by atoms with van der Waals surface area (Å²) in [5, 5.41) is 0. The van der Waals surface area contributed by atoms with E-state index in [0.29, 0.717) is 9.35 Å². The van der Waals surface area contributed by atoms with E-state index >= 15 is 0 Å². The average Bonchev–Trinajstić information content (AvgIpc) is 2.74. The van der Waals surface area contributed by atoms with Gasteiger partial charge in [0.25, 0.3) is 0 Å². The molecule has 0 saturated carbocycles. The third kappa shape index (κ3) is 3.40. The van der Waals surface area contributed by atoms with Gasteiger partial charge in [-0.2, -0.15) is 0 Å². The molecule has 0 fully saturated rings. The lowest BCUT2D eigenvalue weighted by atomic mass is 10.3. The molecule has 1 heterocycles. The zero-order valence-corrected chi connectivity index (χ0v) is 12.9. The molecule has 0 saturated heterocycles. The van der Waals surface area contributed by atoms with Crippen molar-refractivity contribution in [2.24, 2.45) is 0 Å². The summed E-state index contributed by atoms with van der Waals surface area (Å²) < 4.78 is 20.1. The quantitative estimate of drug-likeness (QED) is 0.705. The van der Waals surface area contributed by atoms with Gasteiger partial charge in [0.05, 0.1) is 8.66 Å². The summed E-state index contributed by atoms with van der Waals surface area (Å²) in [7, 11) is 0. The molecule has 0 radical (unpaired) electrons. The molecule has 0 aliphatic rings. The van der Waals surface area contributed by atoms with Gasteiger partial charge in [-0.3, -0.25) is 4.79 Å². The van der Waals surface area contributed by atoms with Crippen LogP contribution in [-0.4, -0.2) is 12.4 Å². The van der Waals surface area contributed by atoms with Gasteiger partial charge in [-0.05, 0) is 46.3 Å². The Morgan fingerprint density at radius 1 is 1.28 bits per heavy atom. The smallest absolute Gasteiger partial charge is 0.210 e. The minimum absolute atomic E-state index is 0.0715. The minimum Gasteiger partial charge on any atom is -0.482 e. The van der Waals surface area contributed by atoms with Crippen molar-refractivity contribution < 1.29 is 13.9 Å².